The summed E-state index contributed by atoms with van der Waals surface area (Å²) < 4.78 is 1.62. The second-order valence-electron chi connectivity index (χ2n) is 2.86. The highest BCUT2D eigenvalue weighted by atomic mass is 16.1. The molecule has 0 aliphatic carbocycles. The van der Waals surface area contributed by atoms with Crippen molar-refractivity contribution in [2.45, 2.75) is 19.4 Å². The first kappa shape index (κ1) is 9.44. The van der Waals surface area contributed by atoms with E-state index in [-0.39, 0.29) is 12.5 Å². The van der Waals surface area contributed by atoms with Crippen LogP contribution in [0, 0.1) is 0 Å². The van der Waals surface area contributed by atoms with Crippen molar-refractivity contribution in [3.8, 4) is 0 Å². The molecule has 1 amide bonds. The van der Waals surface area contributed by atoms with Gasteiger partial charge < -0.3 is 10.3 Å². The van der Waals surface area contributed by atoms with Crippen molar-refractivity contribution in [2.24, 2.45) is 5.73 Å². The minimum atomic E-state index is -0.391. The normalized spacial score (nSPS) is 12.4. The first-order valence-corrected chi connectivity index (χ1v) is 3.90. The average molecular weight is 181 g/mol. The second-order valence-corrected chi connectivity index (χ2v) is 2.86. The molecule has 1 heterocycles. The van der Waals surface area contributed by atoms with Gasteiger partial charge in [0.25, 0.3) is 0 Å². The van der Waals surface area contributed by atoms with Gasteiger partial charge in [0.1, 0.15) is 5.69 Å². The average Bonchev–Trinajstić information content (AvgIpc) is 2.49. The van der Waals surface area contributed by atoms with E-state index in [1.165, 1.54) is 12.5 Å². The Morgan fingerprint density at radius 3 is 3.08 bits per heavy atom. The monoisotopic (exact) mass is 181 g/mol. The molecule has 0 aromatic carbocycles. The lowest BCUT2D eigenvalue weighted by atomic mass is 10.2. The molecule has 0 radical (unpaired) electrons. The lowest BCUT2D eigenvalue weighted by molar-refractivity contribution is -0.118. The molecule has 0 saturated heterocycles. The van der Waals surface area contributed by atoms with Crippen molar-refractivity contribution in [1.29, 1.82) is 0 Å². The number of nitrogens with zero attached hydrogens (tertiary/aromatic N) is 2. The van der Waals surface area contributed by atoms with E-state index in [1.54, 1.807) is 11.5 Å². The minimum absolute atomic E-state index is 0.125. The summed E-state index contributed by atoms with van der Waals surface area (Å²) in [6.45, 7) is 1.80. The van der Waals surface area contributed by atoms with Crippen molar-refractivity contribution in [3.05, 3.63) is 18.2 Å². The van der Waals surface area contributed by atoms with Crippen LogP contribution in [0.15, 0.2) is 12.5 Å². The number of hydrogen-bond donors (Lipinski definition) is 1. The SMILES string of the molecule is CC(CC(N)=O)n1cncc1C=O. The Balaban J connectivity index is 2.81. The molecule has 0 bridgehead atoms. The Morgan fingerprint density at radius 2 is 2.54 bits per heavy atom. The molecule has 0 aliphatic heterocycles. The molecule has 1 unspecified atom stereocenters. The van der Waals surface area contributed by atoms with Gasteiger partial charge in [-0.05, 0) is 6.92 Å². The Morgan fingerprint density at radius 1 is 1.85 bits per heavy atom. The van der Waals surface area contributed by atoms with E-state index in [2.05, 4.69) is 4.98 Å². The molecule has 70 valence electrons. The molecule has 5 heteroatoms. The van der Waals surface area contributed by atoms with Crippen molar-refractivity contribution in [2.75, 3.05) is 0 Å². The van der Waals surface area contributed by atoms with E-state index in [0.29, 0.717) is 12.0 Å². The van der Waals surface area contributed by atoms with Crippen molar-refractivity contribution < 1.29 is 9.59 Å². The second kappa shape index (κ2) is 3.84. The molecule has 1 aromatic heterocycles. The fourth-order valence-electron chi connectivity index (χ4n) is 1.16. The smallest absolute Gasteiger partial charge is 0.219 e. The summed E-state index contributed by atoms with van der Waals surface area (Å²) in [6.07, 6.45) is 3.86. The Bertz CT molecular complexity index is 319. The summed E-state index contributed by atoms with van der Waals surface area (Å²) in [7, 11) is 0. The van der Waals surface area contributed by atoms with Gasteiger partial charge in [0.2, 0.25) is 5.91 Å². The Hall–Kier alpha value is -1.65. The molecular weight excluding hydrogens is 170 g/mol. The number of nitrogens with two attached hydrogens (primary N) is 1. The van der Waals surface area contributed by atoms with Gasteiger partial charge in [-0.15, -0.1) is 0 Å². The fourth-order valence-corrected chi connectivity index (χ4v) is 1.16. The molecule has 1 atom stereocenters. The van der Waals surface area contributed by atoms with Gasteiger partial charge in [0.15, 0.2) is 6.29 Å². The maximum absolute atomic E-state index is 10.6. The lowest BCUT2D eigenvalue weighted by Crippen LogP contribution is -2.18. The predicted molar refractivity (Wildman–Crippen MR) is 46.1 cm³/mol. The van der Waals surface area contributed by atoms with Crippen LogP contribution in [-0.2, 0) is 4.79 Å². The first-order chi connectivity index (χ1) is 6.15. The number of imidazole rings is 1. The van der Waals surface area contributed by atoms with Gasteiger partial charge >= 0.3 is 0 Å². The maximum Gasteiger partial charge on any atom is 0.219 e. The summed E-state index contributed by atoms with van der Waals surface area (Å²) in [4.78, 5) is 24.9. The third-order valence-corrected chi connectivity index (χ3v) is 1.79. The maximum atomic E-state index is 10.6. The summed E-state index contributed by atoms with van der Waals surface area (Å²) in [5.41, 5.74) is 5.48. The molecule has 2 N–H and O–H groups in total. The highest BCUT2D eigenvalue weighted by molar-refractivity contribution is 5.75. The highest BCUT2D eigenvalue weighted by Crippen LogP contribution is 2.11. The van der Waals surface area contributed by atoms with E-state index in [4.69, 9.17) is 5.73 Å². The molecule has 0 saturated carbocycles. The first-order valence-electron chi connectivity index (χ1n) is 3.90. The number of carbonyl (C=O) groups is 2. The minimum Gasteiger partial charge on any atom is -0.370 e. The van der Waals surface area contributed by atoms with E-state index >= 15 is 0 Å². The van der Waals surface area contributed by atoms with Gasteiger partial charge in [0.05, 0.1) is 12.5 Å². The number of rotatable bonds is 4. The van der Waals surface area contributed by atoms with E-state index in [1.807, 2.05) is 0 Å². The van der Waals surface area contributed by atoms with Crippen LogP contribution in [0.3, 0.4) is 0 Å². The molecular formula is C8H11N3O2. The summed E-state index contributed by atoms with van der Waals surface area (Å²) in [6, 6.07) is -0.125. The van der Waals surface area contributed by atoms with Crippen LogP contribution < -0.4 is 5.73 Å². The number of amides is 1. The third-order valence-electron chi connectivity index (χ3n) is 1.79. The number of carbonyl (C=O) groups excluding carboxylic acids is 2. The zero-order valence-electron chi connectivity index (χ0n) is 7.30. The number of aldehydes is 1. The topological polar surface area (TPSA) is 78.0 Å². The van der Waals surface area contributed by atoms with Crippen LogP contribution in [0.2, 0.25) is 0 Å². The summed E-state index contributed by atoms with van der Waals surface area (Å²) >= 11 is 0. The van der Waals surface area contributed by atoms with Crippen LogP contribution in [0.1, 0.15) is 29.9 Å². The van der Waals surface area contributed by atoms with Crippen LogP contribution in [0.25, 0.3) is 0 Å². The molecule has 1 aromatic rings. The van der Waals surface area contributed by atoms with Gasteiger partial charge in [-0.2, -0.15) is 0 Å². The number of aromatic nitrogens is 2. The van der Waals surface area contributed by atoms with Crippen LogP contribution in [-0.4, -0.2) is 21.7 Å². The van der Waals surface area contributed by atoms with Gasteiger partial charge in [-0.1, -0.05) is 0 Å². The Labute approximate surface area is 75.6 Å². The van der Waals surface area contributed by atoms with Gasteiger partial charge in [0, 0.05) is 12.5 Å². The van der Waals surface area contributed by atoms with Gasteiger partial charge in [-0.25, -0.2) is 4.98 Å². The summed E-state index contributed by atoms with van der Waals surface area (Å²) in [5, 5.41) is 0. The predicted octanol–water partition coefficient (Wildman–Crippen LogP) is 0.132. The molecule has 0 fully saturated rings. The largest absolute Gasteiger partial charge is 0.370 e. The van der Waals surface area contributed by atoms with Crippen molar-refractivity contribution in [3.63, 3.8) is 0 Å². The third kappa shape index (κ3) is 2.14. The fraction of sp³-hybridized carbons (Fsp3) is 0.375. The molecule has 0 aliphatic rings. The van der Waals surface area contributed by atoms with E-state index < -0.39 is 5.91 Å². The number of primary amides is 1. The zero-order chi connectivity index (χ0) is 9.84. The summed E-state index contributed by atoms with van der Waals surface area (Å²) in [5.74, 6) is -0.391. The van der Waals surface area contributed by atoms with E-state index in [9.17, 15) is 9.59 Å². The molecule has 0 spiro atoms. The van der Waals surface area contributed by atoms with E-state index in [0.717, 1.165) is 0 Å². The molecule has 5 nitrogen and oxygen atoms in total. The lowest BCUT2D eigenvalue weighted by Gasteiger charge is -2.11. The zero-order valence-corrected chi connectivity index (χ0v) is 7.30. The van der Waals surface area contributed by atoms with Crippen molar-refractivity contribution >= 4 is 12.2 Å². The van der Waals surface area contributed by atoms with Gasteiger partial charge in [-0.3, -0.25) is 9.59 Å². The Kier molecular flexibility index (Phi) is 2.79. The molecule has 1 rings (SSSR count). The van der Waals surface area contributed by atoms with Crippen molar-refractivity contribution in [1.82, 2.24) is 9.55 Å². The van der Waals surface area contributed by atoms with Crippen LogP contribution in [0.5, 0.6) is 0 Å². The number of hydrogen-bond acceptors (Lipinski definition) is 3. The highest BCUT2D eigenvalue weighted by Gasteiger charge is 2.10. The van der Waals surface area contributed by atoms with Crippen LogP contribution in [0.4, 0.5) is 0 Å². The standard InChI is InChI=1S/C8H11N3O2/c1-6(2-8(9)13)11-5-10-3-7(11)4-12/h3-6H,2H2,1H3,(H2,9,13). The van der Waals surface area contributed by atoms with Crippen LogP contribution >= 0.6 is 0 Å². The molecule has 13 heavy (non-hydrogen) atoms. The quantitative estimate of drug-likeness (QED) is 0.670.